The molecule has 116 valence electrons. The highest BCUT2D eigenvalue weighted by molar-refractivity contribution is 6.33. The van der Waals surface area contributed by atoms with E-state index < -0.39 is 11.6 Å². The Balaban J connectivity index is 1.60. The Labute approximate surface area is 133 Å². The summed E-state index contributed by atoms with van der Waals surface area (Å²) in [7, 11) is 0. The highest BCUT2D eigenvalue weighted by Crippen LogP contribution is 2.24. The van der Waals surface area contributed by atoms with E-state index in [-0.39, 0.29) is 0 Å². The van der Waals surface area contributed by atoms with Crippen molar-refractivity contribution in [2.24, 2.45) is 0 Å². The van der Waals surface area contributed by atoms with Gasteiger partial charge in [0.15, 0.2) is 11.6 Å². The first-order valence-corrected chi connectivity index (χ1v) is 7.78. The molecule has 0 saturated carbocycles. The number of hydrogen-bond donors (Lipinski definition) is 1. The molecule has 1 aliphatic heterocycles. The number of piperazine rings is 1. The van der Waals surface area contributed by atoms with Gasteiger partial charge in [0.05, 0.1) is 36.9 Å². The van der Waals surface area contributed by atoms with Crippen molar-refractivity contribution in [3.8, 4) is 0 Å². The second-order valence-electron chi connectivity index (χ2n) is 5.61. The second-order valence-corrected chi connectivity index (χ2v) is 6.02. The Morgan fingerprint density at radius 1 is 1.00 bits per heavy atom. The van der Waals surface area contributed by atoms with E-state index in [4.69, 9.17) is 11.6 Å². The van der Waals surface area contributed by atoms with Crippen LogP contribution in [0.15, 0.2) is 42.5 Å². The third kappa shape index (κ3) is 3.39. The van der Waals surface area contributed by atoms with Gasteiger partial charge >= 0.3 is 0 Å². The van der Waals surface area contributed by atoms with E-state index >= 15 is 0 Å². The maximum atomic E-state index is 13.3. The molecule has 1 fully saturated rings. The fourth-order valence-corrected chi connectivity index (χ4v) is 3.14. The molecule has 5 heteroatoms. The van der Waals surface area contributed by atoms with Crippen LogP contribution in [-0.4, -0.2) is 26.2 Å². The van der Waals surface area contributed by atoms with Gasteiger partial charge in [-0.05, 0) is 24.3 Å². The number of para-hydroxylation sites is 1. The lowest BCUT2D eigenvalue weighted by molar-refractivity contribution is -0.914. The summed E-state index contributed by atoms with van der Waals surface area (Å²) in [5.41, 5.74) is 1.90. The number of anilines is 1. The molecular formula is C17H18ClF2N2+. The molecule has 22 heavy (non-hydrogen) atoms. The predicted octanol–water partition coefficient (Wildman–Crippen LogP) is 2.52. The number of nitrogens with one attached hydrogen (secondary N) is 1. The van der Waals surface area contributed by atoms with Crippen molar-refractivity contribution in [3.63, 3.8) is 0 Å². The Kier molecular flexibility index (Phi) is 4.60. The van der Waals surface area contributed by atoms with Crippen LogP contribution < -0.4 is 9.80 Å². The maximum absolute atomic E-state index is 13.3. The van der Waals surface area contributed by atoms with Crippen LogP contribution in [0.4, 0.5) is 14.5 Å². The highest BCUT2D eigenvalue weighted by Gasteiger charge is 2.21. The van der Waals surface area contributed by atoms with Crippen molar-refractivity contribution in [3.05, 3.63) is 64.7 Å². The molecule has 1 aliphatic rings. The van der Waals surface area contributed by atoms with Crippen LogP contribution in [0.2, 0.25) is 5.02 Å². The number of hydrogen-bond acceptors (Lipinski definition) is 1. The van der Waals surface area contributed by atoms with Gasteiger partial charge in [-0.3, -0.25) is 0 Å². The lowest BCUT2D eigenvalue weighted by Gasteiger charge is -2.34. The van der Waals surface area contributed by atoms with E-state index in [1.165, 1.54) is 17.0 Å². The molecule has 0 radical (unpaired) electrons. The maximum Gasteiger partial charge on any atom is 0.159 e. The molecule has 3 rings (SSSR count). The van der Waals surface area contributed by atoms with Crippen LogP contribution in [0.5, 0.6) is 0 Å². The lowest BCUT2D eigenvalue weighted by Crippen LogP contribution is -3.13. The summed E-state index contributed by atoms with van der Waals surface area (Å²) < 4.78 is 26.2. The van der Waals surface area contributed by atoms with Crippen LogP contribution >= 0.6 is 11.6 Å². The van der Waals surface area contributed by atoms with Gasteiger partial charge in [-0.15, -0.1) is 0 Å². The predicted molar refractivity (Wildman–Crippen MR) is 84.4 cm³/mol. The normalized spacial score (nSPS) is 16.0. The molecule has 2 aromatic carbocycles. The Bertz CT molecular complexity index is 655. The van der Waals surface area contributed by atoms with Crippen molar-refractivity contribution in [1.29, 1.82) is 0 Å². The lowest BCUT2D eigenvalue weighted by atomic mass is 10.1. The molecule has 0 bridgehead atoms. The largest absolute Gasteiger partial charge is 0.359 e. The molecule has 1 heterocycles. The molecule has 0 aliphatic carbocycles. The van der Waals surface area contributed by atoms with Crippen molar-refractivity contribution >= 4 is 17.3 Å². The first kappa shape index (κ1) is 15.3. The van der Waals surface area contributed by atoms with Crippen LogP contribution in [0.25, 0.3) is 0 Å². The zero-order valence-electron chi connectivity index (χ0n) is 12.2. The first-order valence-electron chi connectivity index (χ1n) is 7.40. The Hall–Kier alpha value is -1.65. The van der Waals surface area contributed by atoms with Crippen molar-refractivity contribution < 1.29 is 13.7 Å². The third-order valence-electron chi connectivity index (χ3n) is 4.10. The van der Waals surface area contributed by atoms with Crippen molar-refractivity contribution in [1.82, 2.24) is 0 Å². The third-order valence-corrected chi connectivity index (χ3v) is 4.42. The van der Waals surface area contributed by atoms with Crippen molar-refractivity contribution in [2.75, 3.05) is 31.1 Å². The smallest absolute Gasteiger partial charge is 0.159 e. The average molecular weight is 324 g/mol. The van der Waals surface area contributed by atoms with E-state index in [9.17, 15) is 8.78 Å². The van der Waals surface area contributed by atoms with E-state index in [2.05, 4.69) is 4.90 Å². The molecule has 1 saturated heterocycles. The van der Waals surface area contributed by atoms with Gasteiger partial charge in [0.2, 0.25) is 0 Å². The molecule has 2 aromatic rings. The summed E-state index contributed by atoms with van der Waals surface area (Å²) in [4.78, 5) is 3.64. The minimum absolute atomic E-state index is 0.716. The molecule has 0 atom stereocenters. The van der Waals surface area contributed by atoms with Gasteiger partial charge in [0, 0.05) is 5.56 Å². The zero-order valence-corrected chi connectivity index (χ0v) is 12.9. The Morgan fingerprint density at radius 2 is 1.73 bits per heavy atom. The van der Waals surface area contributed by atoms with Gasteiger partial charge < -0.3 is 9.80 Å². The van der Waals surface area contributed by atoms with Gasteiger partial charge in [0.1, 0.15) is 6.54 Å². The number of quaternary nitrogens is 1. The fourth-order valence-electron chi connectivity index (χ4n) is 2.89. The standard InChI is InChI=1S/C17H17ClF2N2/c18-14-3-1-2-4-17(14)22-9-7-21(8-10-22)12-13-5-6-15(19)16(20)11-13/h1-6,11H,7-10,12H2/p+1. The molecular weight excluding hydrogens is 306 g/mol. The van der Waals surface area contributed by atoms with Gasteiger partial charge in [-0.2, -0.15) is 0 Å². The highest BCUT2D eigenvalue weighted by atomic mass is 35.5. The van der Waals surface area contributed by atoms with Gasteiger partial charge in [0.25, 0.3) is 0 Å². The number of nitrogens with zero attached hydrogens (tertiary/aromatic N) is 1. The number of benzene rings is 2. The number of rotatable bonds is 3. The molecule has 0 unspecified atom stereocenters. The minimum atomic E-state index is -0.790. The van der Waals surface area contributed by atoms with Crippen LogP contribution in [0, 0.1) is 11.6 Å². The summed E-state index contributed by atoms with van der Waals surface area (Å²) >= 11 is 6.23. The molecule has 1 N–H and O–H groups in total. The molecule has 0 aromatic heterocycles. The minimum Gasteiger partial charge on any atom is -0.359 e. The topological polar surface area (TPSA) is 7.68 Å². The summed E-state index contributed by atoms with van der Waals surface area (Å²) in [6.45, 7) is 4.42. The average Bonchev–Trinajstić information content (AvgIpc) is 2.52. The van der Waals surface area contributed by atoms with E-state index in [0.717, 1.165) is 42.5 Å². The molecule has 2 nitrogen and oxygen atoms in total. The summed E-state index contributed by atoms with van der Waals surface area (Å²) in [5.74, 6) is -1.56. The van der Waals surface area contributed by atoms with E-state index in [1.807, 2.05) is 24.3 Å². The summed E-state index contributed by atoms with van der Waals surface area (Å²) in [5, 5.41) is 0.770. The number of halogens is 3. The molecule has 0 amide bonds. The monoisotopic (exact) mass is 323 g/mol. The van der Waals surface area contributed by atoms with E-state index in [1.54, 1.807) is 6.07 Å². The summed E-state index contributed by atoms with van der Waals surface area (Å²) in [6.07, 6.45) is 0. The zero-order chi connectivity index (χ0) is 15.5. The second kappa shape index (κ2) is 6.63. The van der Waals surface area contributed by atoms with E-state index in [0.29, 0.717) is 6.54 Å². The van der Waals surface area contributed by atoms with Gasteiger partial charge in [-0.25, -0.2) is 8.78 Å². The SMILES string of the molecule is Fc1ccc(C[NH+]2CCN(c3ccccc3Cl)CC2)cc1F. The quantitative estimate of drug-likeness (QED) is 0.912. The van der Waals surface area contributed by atoms with Crippen LogP contribution in [0.1, 0.15) is 5.56 Å². The summed E-state index contributed by atoms with van der Waals surface area (Å²) in [6, 6.07) is 12.0. The first-order chi connectivity index (χ1) is 10.6. The van der Waals surface area contributed by atoms with Crippen LogP contribution in [0.3, 0.4) is 0 Å². The Morgan fingerprint density at radius 3 is 2.41 bits per heavy atom. The van der Waals surface area contributed by atoms with Crippen LogP contribution in [-0.2, 0) is 6.54 Å². The van der Waals surface area contributed by atoms with Gasteiger partial charge in [-0.1, -0.05) is 29.8 Å². The van der Waals surface area contributed by atoms with Crippen molar-refractivity contribution in [2.45, 2.75) is 6.54 Å². The fraction of sp³-hybridized carbons (Fsp3) is 0.294. The molecule has 0 spiro atoms.